The highest BCUT2D eigenvalue weighted by Gasteiger charge is 2.21. The predicted molar refractivity (Wildman–Crippen MR) is 82.7 cm³/mol. The maximum Gasteiger partial charge on any atom is 0.271 e. The molecular formula is C16H13NO2S. The number of benzene rings is 2. The molecule has 0 radical (unpaired) electrons. The number of aromatic hydroxyl groups is 1. The SMILES string of the molecule is CN(C(=O)c1sc2ccccc2c1O)c1ccccc1. The Labute approximate surface area is 120 Å². The van der Waals surface area contributed by atoms with E-state index in [0.717, 1.165) is 15.8 Å². The third-order valence-electron chi connectivity index (χ3n) is 3.21. The lowest BCUT2D eigenvalue weighted by Crippen LogP contribution is -2.25. The van der Waals surface area contributed by atoms with Crippen LogP contribution >= 0.6 is 11.3 Å². The van der Waals surface area contributed by atoms with E-state index in [-0.39, 0.29) is 11.7 Å². The summed E-state index contributed by atoms with van der Waals surface area (Å²) in [5, 5.41) is 10.9. The van der Waals surface area contributed by atoms with Crippen LogP contribution in [0.4, 0.5) is 5.69 Å². The molecule has 3 nitrogen and oxygen atoms in total. The molecule has 0 aliphatic heterocycles. The summed E-state index contributed by atoms with van der Waals surface area (Å²) in [6.07, 6.45) is 0. The zero-order chi connectivity index (χ0) is 14.1. The molecular weight excluding hydrogens is 270 g/mol. The smallest absolute Gasteiger partial charge is 0.271 e. The summed E-state index contributed by atoms with van der Waals surface area (Å²) in [6.45, 7) is 0. The zero-order valence-electron chi connectivity index (χ0n) is 10.9. The van der Waals surface area contributed by atoms with E-state index in [1.54, 1.807) is 11.9 Å². The fraction of sp³-hybridized carbons (Fsp3) is 0.0625. The summed E-state index contributed by atoms with van der Waals surface area (Å²) in [7, 11) is 1.71. The summed E-state index contributed by atoms with van der Waals surface area (Å²) >= 11 is 1.31. The number of hydrogen-bond donors (Lipinski definition) is 1. The Morgan fingerprint density at radius 3 is 2.40 bits per heavy atom. The lowest BCUT2D eigenvalue weighted by molar-refractivity contribution is 0.0994. The van der Waals surface area contributed by atoms with Gasteiger partial charge in [0.2, 0.25) is 0 Å². The second-order valence-corrected chi connectivity index (χ2v) is 5.53. The normalized spacial score (nSPS) is 10.7. The Hall–Kier alpha value is -2.33. The Balaban J connectivity index is 2.03. The van der Waals surface area contributed by atoms with Gasteiger partial charge >= 0.3 is 0 Å². The molecule has 0 atom stereocenters. The van der Waals surface area contributed by atoms with Crippen LogP contribution in [0.1, 0.15) is 9.67 Å². The molecule has 0 saturated heterocycles. The van der Waals surface area contributed by atoms with Crippen LogP contribution in [0.25, 0.3) is 10.1 Å². The minimum atomic E-state index is -0.199. The molecule has 0 fully saturated rings. The Kier molecular flexibility index (Phi) is 3.16. The fourth-order valence-electron chi connectivity index (χ4n) is 2.10. The standard InChI is InChI=1S/C16H13NO2S/c1-17(11-7-3-2-4-8-11)16(19)15-14(18)12-9-5-6-10-13(12)20-15/h2-10,18H,1H3. The van der Waals surface area contributed by atoms with E-state index >= 15 is 0 Å². The van der Waals surface area contributed by atoms with Crippen molar-refractivity contribution in [3.05, 3.63) is 59.5 Å². The van der Waals surface area contributed by atoms with E-state index in [1.807, 2.05) is 54.6 Å². The first-order chi connectivity index (χ1) is 9.68. The largest absolute Gasteiger partial charge is 0.506 e. The predicted octanol–water partition coefficient (Wildman–Crippen LogP) is 3.88. The molecule has 1 heterocycles. The third-order valence-corrected chi connectivity index (χ3v) is 4.36. The Bertz CT molecular complexity index is 765. The number of nitrogens with zero attached hydrogens (tertiary/aromatic N) is 1. The number of thiophene rings is 1. The van der Waals surface area contributed by atoms with Gasteiger partial charge in [0.05, 0.1) is 0 Å². The molecule has 1 aromatic heterocycles. The van der Waals surface area contributed by atoms with Crippen molar-refractivity contribution in [2.75, 3.05) is 11.9 Å². The highest BCUT2D eigenvalue weighted by Crippen LogP contribution is 2.37. The molecule has 0 unspecified atom stereocenters. The first-order valence-electron chi connectivity index (χ1n) is 6.22. The van der Waals surface area contributed by atoms with Gasteiger partial charge in [-0.25, -0.2) is 0 Å². The maximum atomic E-state index is 12.5. The number of carbonyl (C=O) groups excluding carboxylic acids is 1. The van der Waals surface area contributed by atoms with Crippen molar-refractivity contribution in [2.24, 2.45) is 0 Å². The second-order valence-electron chi connectivity index (χ2n) is 4.48. The Morgan fingerprint density at radius 1 is 1.05 bits per heavy atom. The van der Waals surface area contributed by atoms with Gasteiger partial charge in [-0.1, -0.05) is 30.3 Å². The first kappa shape index (κ1) is 12.7. The van der Waals surface area contributed by atoms with Crippen LogP contribution in [0.5, 0.6) is 5.75 Å². The van der Waals surface area contributed by atoms with Crippen LogP contribution in [0, 0.1) is 0 Å². The van der Waals surface area contributed by atoms with E-state index in [1.165, 1.54) is 11.3 Å². The number of anilines is 1. The van der Waals surface area contributed by atoms with Crippen LogP contribution in [0.3, 0.4) is 0 Å². The fourth-order valence-corrected chi connectivity index (χ4v) is 3.17. The summed E-state index contributed by atoms with van der Waals surface area (Å²) in [6, 6.07) is 16.9. The van der Waals surface area contributed by atoms with Crippen molar-refractivity contribution in [2.45, 2.75) is 0 Å². The van der Waals surface area contributed by atoms with Gasteiger partial charge in [-0.3, -0.25) is 4.79 Å². The number of amides is 1. The third kappa shape index (κ3) is 2.04. The maximum absolute atomic E-state index is 12.5. The molecule has 4 heteroatoms. The van der Waals surface area contributed by atoms with Crippen LogP contribution in [0.15, 0.2) is 54.6 Å². The molecule has 0 bridgehead atoms. The topological polar surface area (TPSA) is 40.5 Å². The van der Waals surface area contributed by atoms with Crippen molar-refractivity contribution in [1.82, 2.24) is 0 Å². The molecule has 0 spiro atoms. The lowest BCUT2D eigenvalue weighted by Gasteiger charge is -2.16. The molecule has 0 aliphatic rings. The number of rotatable bonds is 2. The van der Waals surface area contributed by atoms with Gasteiger partial charge < -0.3 is 10.0 Å². The molecule has 20 heavy (non-hydrogen) atoms. The second kappa shape index (κ2) is 4.98. The van der Waals surface area contributed by atoms with Crippen molar-refractivity contribution in [1.29, 1.82) is 0 Å². The van der Waals surface area contributed by atoms with Gasteiger partial charge in [-0.05, 0) is 24.3 Å². The van der Waals surface area contributed by atoms with Crippen LogP contribution in [-0.4, -0.2) is 18.1 Å². The Morgan fingerprint density at radius 2 is 1.70 bits per heavy atom. The van der Waals surface area contributed by atoms with Gasteiger partial charge in [0.1, 0.15) is 10.6 Å². The van der Waals surface area contributed by atoms with Crippen molar-refractivity contribution >= 4 is 33.0 Å². The quantitative estimate of drug-likeness (QED) is 0.775. The number of fused-ring (bicyclic) bond motifs is 1. The minimum absolute atomic E-state index is 0.0679. The van der Waals surface area contributed by atoms with E-state index in [4.69, 9.17) is 0 Å². The molecule has 2 aromatic carbocycles. The highest BCUT2D eigenvalue weighted by molar-refractivity contribution is 7.21. The van der Waals surface area contributed by atoms with Gasteiger partial charge in [0.25, 0.3) is 5.91 Å². The van der Waals surface area contributed by atoms with Gasteiger partial charge in [-0.2, -0.15) is 0 Å². The van der Waals surface area contributed by atoms with E-state index < -0.39 is 0 Å². The monoisotopic (exact) mass is 283 g/mol. The average molecular weight is 283 g/mol. The molecule has 100 valence electrons. The van der Waals surface area contributed by atoms with Crippen LogP contribution < -0.4 is 4.90 Å². The number of hydrogen-bond acceptors (Lipinski definition) is 3. The summed E-state index contributed by atoms with van der Waals surface area (Å²) < 4.78 is 0.912. The van der Waals surface area contributed by atoms with Crippen molar-refractivity contribution in [3.63, 3.8) is 0 Å². The molecule has 1 N–H and O–H groups in total. The van der Waals surface area contributed by atoms with E-state index in [2.05, 4.69) is 0 Å². The van der Waals surface area contributed by atoms with Crippen molar-refractivity contribution in [3.8, 4) is 5.75 Å². The van der Waals surface area contributed by atoms with E-state index in [0.29, 0.717) is 4.88 Å². The summed E-state index contributed by atoms with van der Waals surface area (Å²) in [5.41, 5.74) is 0.800. The molecule has 1 amide bonds. The lowest BCUT2D eigenvalue weighted by atomic mass is 10.2. The molecule has 0 saturated carbocycles. The number of para-hydroxylation sites is 1. The van der Waals surface area contributed by atoms with Crippen molar-refractivity contribution < 1.29 is 9.90 Å². The van der Waals surface area contributed by atoms with Crippen LogP contribution in [0.2, 0.25) is 0 Å². The molecule has 3 aromatic rings. The first-order valence-corrected chi connectivity index (χ1v) is 7.03. The minimum Gasteiger partial charge on any atom is -0.506 e. The van der Waals surface area contributed by atoms with E-state index in [9.17, 15) is 9.90 Å². The van der Waals surface area contributed by atoms with Gasteiger partial charge in [0, 0.05) is 22.8 Å². The molecule has 0 aliphatic carbocycles. The zero-order valence-corrected chi connectivity index (χ0v) is 11.7. The van der Waals surface area contributed by atoms with Crippen LogP contribution in [-0.2, 0) is 0 Å². The molecule has 3 rings (SSSR count). The van der Waals surface area contributed by atoms with Gasteiger partial charge in [0.15, 0.2) is 0 Å². The van der Waals surface area contributed by atoms with Gasteiger partial charge in [-0.15, -0.1) is 11.3 Å². The highest BCUT2D eigenvalue weighted by atomic mass is 32.1. The number of carbonyl (C=O) groups is 1. The summed E-state index contributed by atoms with van der Waals surface area (Å²) in [4.78, 5) is 14.4. The summed E-state index contributed by atoms with van der Waals surface area (Å²) in [5.74, 6) is -0.131. The average Bonchev–Trinajstić information content (AvgIpc) is 2.84.